The summed E-state index contributed by atoms with van der Waals surface area (Å²) in [5, 5.41) is 3.93. The summed E-state index contributed by atoms with van der Waals surface area (Å²) in [6.45, 7) is 0.675. The lowest BCUT2D eigenvalue weighted by Crippen LogP contribution is -2.18. The average Bonchev–Trinajstić information content (AvgIpc) is 2.87. The van der Waals surface area contributed by atoms with E-state index < -0.39 is 11.9 Å². The molecule has 0 aliphatic carbocycles. The first kappa shape index (κ1) is 16.5. The van der Waals surface area contributed by atoms with E-state index in [-0.39, 0.29) is 11.4 Å². The fraction of sp³-hybridized carbons (Fsp3) is 0.308. The van der Waals surface area contributed by atoms with E-state index in [2.05, 4.69) is 10.3 Å². The monoisotopic (exact) mass is 354 g/mol. The molecule has 1 aromatic heterocycles. The lowest BCUT2D eigenvalue weighted by Gasteiger charge is -2.08. The molecule has 0 fully saturated rings. The second-order valence-electron chi connectivity index (χ2n) is 4.30. The molecule has 21 heavy (non-hydrogen) atoms. The lowest BCUT2D eigenvalue weighted by molar-refractivity contribution is -0.141. The maximum atomic E-state index is 12.6. The van der Waals surface area contributed by atoms with E-state index in [1.165, 1.54) is 5.51 Å². The molecule has 114 valence electrons. The van der Waals surface area contributed by atoms with Gasteiger partial charge in [-0.3, -0.25) is 0 Å². The van der Waals surface area contributed by atoms with E-state index in [1.807, 2.05) is 6.07 Å². The number of halogens is 5. The van der Waals surface area contributed by atoms with Crippen molar-refractivity contribution in [2.24, 2.45) is 0 Å². The molecular formula is C13H11Cl2F3N2S. The Morgan fingerprint density at radius 3 is 2.62 bits per heavy atom. The molecule has 0 spiro atoms. The molecule has 0 bridgehead atoms. The predicted molar refractivity (Wildman–Crippen MR) is 79.0 cm³/mol. The first-order valence-corrected chi connectivity index (χ1v) is 7.65. The molecule has 1 aromatic carbocycles. The van der Waals surface area contributed by atoms with Crippen LogP contribution >= 0.6 is 34.5 Å². The average molecular weight is 355 g/mol. The van der Waals surface area contributed by atoms with Gasteiger partial charge in [-0.15, -0.1) is 11.3 Å². The van der Waals surface area contributed by atoms with Gasteiger partial charge in [0.25, 0.3) is 0 Å². The largest absolute Gasteiger partial charge is 0.434 e. The van der Waals surface area contributed by atoms with E-state index in [0.717, 1.165) is 16.9 Å². The van der Waals surface area contributed by atoms with Crippen molar-refractivity contribution in [1.29, 1.82) is 0 Å². The molecule has 0 aliphatic heterocycles. The molecule has 0 aliphatic rings. The quantitative estimate of drug-likeness (QED) is 0.780. The molecule has 0 amide bonds. The SMILES string of the molecule is FC(F)(F)c1ncsc1CNCCc1ccc(Cl)c(Cl)c1. The smallest absolute Gasteiger partial charge is 0.311 e. The molecule has 2 aromatic rings. The summed E-state index contributed by atoms with van der Waals surface area (Å²) in [6, 6.07) is 5.29. The van der Waals surface area contributed by atoms with Gasteiger partial charge in [-0.05, 0) is 30.7 Å². The molecule has 0 saturated carbocycles. The highest BCUT2D eigenvalue weighted by molar-refractivity contribution is 7.09. The minimum Gasteiger partial charge on any atom is -0.311 e. The van der Waals surface area contributed by atoms with Crippen LogP contribution in [-0.2, 0) is 19.1 Å². The van der Waals surface area contributed by atoms with Crippen molar-refractivity contribution in [3.8, 4) is 0 Å². The van der Waals surface area contributed by atoms with Gasteiger partial charge in [-0.2, -0.15) is 13.2 Å². The minimum atomic E-state index is -4.40. The summed E-state index contributed by atoms with van der Waals surface area (Å²) >= 11 is 12.7. The lowest BCUT2D eigenvalue weighted by atomic mass is 10.1. The second-order valence-corrected chi connectivity index (χ2v) is 6.05. The Labute approximate surface area is 133 Å². The molecule has 2 nitrogen and oxygen atoms in total. The predicted octanol–water partition coefficient (Wildman–Crippen LogP) is 4.80. The number of hydrogen-bond donors (Lipinski definition) is 1. The summed E-state index contributed by atoms with van der Waals surface area (Å²) in [4.78, 5) is 3.56. The zero-order valence-electron chi connectivity index (χ0n) is 10.7. The standard InChI is InChI=1S/C13H11Cl2F3N2S/c14-9-2-1-8(5-10(9)15)3-4-19-6-11-12(13(16,17)18)20-7-21-11/h1-2,5,7,19H,3-4,6H2. The van der Waals surface area contributed by atoms with Gasteiger partial charge in [0.05, 0.1) is 20.4 Å². The molecule has 0 atom stereocenters. The topological polar surface area (TPSA) is 24.9 Å². The van der Waals surface area contributed by atoms with Gasteiger partial charge < -0.3 is 5.32 Å². The second kappa shape index (κ2) is 6.96. The first-order chi connectivity index (χ1) is 9.88. The van der Waals surface area contributed by atoms with E-state index in [1.54, 1.807) is 12.1 Å². The van der Waals surface area contributed by atoms with Crippen molar-refractivity contribution in [3.05, 3.63) is 49.9 Å². The van der Waals surface area contributed by atoms with Gasteiger partial charge in [0, 0.05) is 6.54 Å². The molecular weight excluding hydrogens is 344 g/mol. The summed E-state index contributed by atoms with van der Waals surface area (Å²) in [7, 11) is 0. The third kappa shape index (κ3) is 4.57. The first-order valence-electron chi connectivity index (χ1n) is 6.02. The molecule has 0 radical (unpaired) electrons. The van der Waals surface area contributed by atoms with Gasteiger partial charge in [0.2, 0.25) is 0 Å². The summed E-state index contributed by atoms with van der Waals surface area (Å²) < 4.78 is 37.9. The highest BCUT2D eigenvalue weighted by Gasteiger charge is 2.35. The number of aromatic nitrogens is 1. The van der Waals surface area contributed by atoms with Crippen molar-refractivity contribution in [2.45, 2.75) is 19.1 Å². The van der Waals surface area contributed by atoms with Crippen LogP contribution in [-0.4, -0.2) is 11.5 Å². The molecule has 0 unspecified atom stereocenters. The van der Waals surface area contributed by atoms with Crippen LogP contribution in [0.15, 0.2) is 23.7 Å². The van der Waals surface area contributed by atoms with Gasteiger partial charge in [-0.1, -0.05) is 29.3 Å². The van der Waals surface area contributed by atoms with Gasteiger partial charge in [0.1, 0.15) is 0 Å². The highest BCUT2D eigenvalue weighted by Crippen LogP contribution is 2.32. The van der Waals surface area contributed by atoms with Crippen molar-refractivity contribution >= 4 is 34.5 Å². The van der Waals surface area contributed by atoms with E-state index >= 15 is 0 Å². The van der Waals surface area contributed by atoms with Crippen molar-refractivity contribution < 1.29 is 13.2 Å². The Morgan fingerprint density at radius 1 is 1.19 bits per heavy atom. The van der Waals surface area contributed by atoms with Crippen molar-refractivity contribution in [1.82, 2.24) is 10.3 Å². The van der Waals surface area contributed by atoms with Gasteiger partial charge in [0.15, 0.2) is 5.69 Å². The highest BCUT2D eigenvalue weighted by atomic mass is 35.5. The van der Waals surface area contributed by atoms with Crippen LogP contribution in [0.1, 0.15) is 16.1 Å². The van der Waals surface area contributed by atoms with Crippen molar-refractivity contribution in [2.75, 3.05) is 6.54 Å². The van der Waals surface area contributed by atoms with Gasteiger partial charge in [-0.25, -0.2) is 4.98 Å². The summed E-state index contributed by atoms with van der Waals surface area (Å²) in [6.07, 6.45) is -3.75. The molecule has 2 rings (SSSR count). The Bertz CT molecular complexity index is 614. The summed E-state index contributed by atoms with van der Waals surface area (Å²) in [5.74, 6) is 0. The number of thiazole rings is 1. The Hall–Kier alpha value is -0.820. The number of alkyl halides is 3. The van der Waals surface area contributed by atoms with Crippen LogP contribution in [0, 0.1) is 0 Å². The molecule has 0 saturated heterocycles. The Balaban J connectivity index is 1.85. The van der Waals surface area contributed by atoms with Crippen LogP contribution in [0.4, 0.5) is 13.2 Å². The maximum Gasteiger partial charge on any atom is 0.434 e. The zero-order valence-corrected chi connectivity index (χ0v) is 13.0. The minimum absolute atomic E-state index is 0.140. The number of nitrogens with zero attached hydrogens (tertiary/aromatic N) is 1. The third-order valence-electron chi connectivity index (χ3n) is 2.77. The Kier molecular flexibility index (Phi) is 5.48. The number of benzene rings is 1. The number of hydrogen-bond acceptors (Lipinski definition) is 3. The molecule has 1 N–H and O–H groups in total. The molecule has 8 heteroatoms. The van der Waals surface area contributed by atoms with Crippen LogP contribution in [0.3, 0.4) is 0 Å². The van der Waals surface area contributed by atoms with Crippen LogP contribution in [0.25, 0.3) is 0 Å². The third-order valence-corrected chi connectivity index (χ3v) is 4.34. The fourth-order valence-corrected chi connectivity index (χ4v) is 2.83. The maximum absolute atomic E-state index is 12.6. The Morgan fingerprint density at radius 2 is 1.95 bits per heavy atom. The van der Waals surface area contributed by atoms with Crippen LogP contribution in [0.5, 0.6) is 0 Å². The van der Waals surface area contributed by atoms with Crippen LogP contribution in [0.2, 0.25) is 10.0 Å². The normalized spacial score (nSPS) is 11.9. The van der Waals surface area contributed by atoms with E-state index in [0.29, 0.717) is 23.0 Å². The van der Waals surface area contributed by atoms with Crippen LogP contribution < -0.4 is 5.32 Å². The number of rotatable bonds is 5. The fourth-order valence-electron chi connectivity index (χ4n) is 1.76. The summed E-state index contributed by atoms with van der Waals surface area (Å²) in [5.41, 5.74) is 1.37. The van der Waals surface area contributed by atoms with E-state index in [4.69, 9.17) is 23.2 Å². The molecule has 1 heterocycles. The zero-order chi connectivity index (χ0) is 15.5. The van der Waals surface area contributed by atoms with Gasteiger partial charge >= 0.3 is 6.18 Å². The number of nitrogens with one attached hydrogen (secondary N) is 1. The van der Waals surface area contributed by atoms with E-state index in [9.17, 15) is 13.2 Å². The van der Waals surface area contributed by atoms with Crippen molar-refractivity contribution in [3.63, 3.8) is 0 Å².